The number of aromatic nitrogens is 2. The monoisotopic (exact) mass is 380 g/mol. The molecule has 2 atom stereocenters. The molecule has 2 bridgehead atoms. The average Bonchev–Trinajstić information content (AvgIpc) is 2.60. The predicted molar refractivity (Wildman–Crippen MR) is 93.7 cm³/mol. The Hall–Kier alpha value is -2.62. The number of rotatable bonds is 0. The van der Waals surface area contributed by atoms with Crippen molar-refractivity contribution < 1.29 is 24.5 Å². The Balaban J connectivity index is 1.88. The Morgan fingerprint density at radius 1 is 1.15 bits per heavy atom. The van der Waals surface area contributed by atoms with Crippen molar-refractivity contribution in [2.75, 3.05) is 23.8 Å². The Labute approximate surface area is 153 Å². The molecule has 2 aromatic rings. The fraction of sp³-hybridized carbons (Fsp3) is 0.312. The summed E-state index contributed by atoms with van der Waals surface area (Å²) in [6.07, 6.45) is 0.702. The first-order chi connectivity index (χ1) is 12.5. The zero-order valence-corrected chi connectivity index (χ0v) is 14.3. The molecule has 0 saturated heterocycles. The topological polar surface area (TPSA) is 126 Å². The fourth-order valence-electron chi connectivity index (χ4n) is 2.24. The smallest absolute Gasteiger partial charge is 0.325 e. The first-order valence-electron chi connectivity index (χ1n) is 7.82. The lowest BCUT2D eigenvalue weighted by Crippen LogP contribution is -2.33. The van der Waals surface area contributed by atoms with Crippen molar-refractivity contribution in [2.24, 2.45) is 0 Å². The molecule has 2 amide bonds. The van der Waals surface area contributed by atoms with Gasteiger partial charge in [0.2, 0.25) is 5.88 Å². The number of carbonyl (C=O) groups excluding carboxylic acids is 1. The van der Waals surface area contributed by atoms with Gasteiger partial charge in [0.1, 0.15) is 18.5 Å². The molecule has 1 aromatic heterocycles. The summed E-state index contributed by atoms with van der Waals surface area (Å²) in [7, 11) is 0. The van der Waals surface area contributed by atoms with E-state index in [2.05, 4.69) is 20.6 Å². The molecule has 1 aliphatic heterocycles. The SMILES string of the molecule is O=C1Nc2cncc(n2)OCCC(O)C(O)COc2ccc(Cl)cc2N1. The molecule has 0 radical (unpaired) electrons. The summed E-state index contributed by atoms with van der Waals surface area (Å²) in [5, 5.41) is 25.5. The summed E-state index contributed by atoms with van der Waals surface area (Å²) in [4.78, 5) is 20.2. The molecule has 4 N–H and O–H groups in total. The van der Waals surface area contributed by atoms with Gasteiger partial charge in [-0.2, -0.15) is 4.98 Å². The molecule has 1 aromatic carbocycles. The number of carbonyl (C=O) groups is 1. The van der Waals surface area contributed by atoms with Crippen molar-refractivity contribution in [1.82, 2.24) is 9.97 Å². The van der Waals surface area contributed by atoms with E-state index >= 15 is 0 Å². The van der Waals surface area contributed by atoms with Crippen LogP contribution >= 0.6 is 11.6 Å². The number of hydrogen-bond donors (Lipinski definition) is 4. The van der Waals surface area contributed by atoms with E-state index < -0.39 is 18.2 Å². The summed E-state index contributed by atoms with van der Waals surface area (Å²) in [5.74, 6) is 0.653. The Bertz CT molecular complexity index is 791. The van der Waals surface area contributed by atoms with Crippen molar-refractivity contribution in [2.45, 2.75) is 18.6 Å². The molecule has 9 nitrogen and oxygen atoms in total. The van der Waals surface area contributed by atoms with E-state index in [9.17, 15) is 15.0 Å². The van der Waals surface area contributed by atoms with E-state index in [1.165, 1.54) is 18.5 Å². The van der Waals surface area contributed by atoms with Crippen molar-refractivity contribution in [1.29, 1.82) is 0 Å². The minimum Gasteiger partial charge on any atom is -0.489 e. The molecular formula is C16H17ClN4O5. The third-order valence-electron chi connectivity index (χ3n) is 3.56. The van der Waals surface area contributed by atoms with E-state index in [-0.39, 0.29) is 31.3 Å². The van der Waals surface area contributed by atoms with Crippen LogP contribution < -0.4 is 20.1 Å². The fourth-order valence-corrected chi connectivity index (χ4v) is 2.41. The third kappa shape index (κ3) is 4.72. The lowest BCUT2D eigenvalue weighted by Gasteiger charge is -2.19. The number of ether oxygens (including phenoxy) is 2. The summed E-state index contributed by atoms with van der Waals surface area (Å²) in [6.45, 7) is -0.0680. The number of aliphatic hydroxyl groups is 2. The average molecular weight is 381 g/mol. The number of urea groups is 1. The first-order valence-corrected chi connectivity index (χ1v) is 8.20. The van der Waals surface area contributed by atoms with E-state index in [1.54, 1.807) is 12.1 Å². The van der Waals surface area contributed by atoms with Gasteiger partial charge in [0, 0.05) is 11.4 Å². The Kier molecular flexibility index (Phi) is 5.71. The lowest BCUT2D eigenvalue weighted by atomic mass is 10.1. The molecule has 26 heavy (non-hydrogen) atoms. The highest BCUT2D eigenvalue weighted by atomic mass is 35.5. The molecule has 1 aliphatic rings. The molecule has 2 unspecified atom stereocenters. The predicted octanol–water partition coefficient (Wildman–Crippen LogP) is 1.66. The van der Waals surface area contributed by atoms with E-state index in [1.807, 2.05) is 0 Å². The second-order valence-electron chi connectivity index (χ2n) is 5.54. The number of halogens is 1. The highest BCUT2D eigenvalue weighted by Gasteiger charge is 2.19. The van der Waals surface area contributed by atoms with Crippen LogP contribution in [0.4, 0.5) is 16.3 Å². The van der Waals surface area contributed by atoms with Crippen LogP contribution in [0.3, 0.4) is 0 Å². The quantitative estimate of drug-likeness (QED) is 0.547. The second-order valence-corrected chi connectivity index (χ2v) is 5.98. The van der Waals surface area contributed by atoms with Crippen LogP contribution in [-0.4, -0.2) is 51.6 Å². The number of benzene rings is 1. The summed E-state index contributed by atoms with van der Waals surface area (Å²) in [6, 6.07) is 4.06. The van der Waals surface area contributed by atoms with Crippen LogP contribution in [0.25, 0.3) is 0 Å². The maximum atomic E-state index is 12.2. The summed E-state index contributed by atoms with van der Waals surface area (Å²) >= 11 is 5.97. The molecule has 0 aliphatic carbocycles. The zero-order chi connectivity index (χ0) is 18.5. The van der Waals surface area contributed by atoms with Gasteiger partial charge in [0.15, 0.2) is 5.82 Å². The number of nitrogens with one attached hydrogen (secondary N) is 2. The molecule has 2 heterocycles. The van der Waals surface area contributed by atoms with E-state index in [0.717, 1.165) is 0 Å². The van der Waals surface area contributed by atoms with Gasteiger partial charge in [-0.3, -0.25) is 10.3 Å². The van der Waals surface area contributed by atoms with E-state index in [4.69, 9.17) is 21.1 Å². The van der Waals surface area contributed by atoms with Crippen LogP contribution in [0.5, 0.6) is 11.6 Å². The van der Waals surface area contributed by atoms with Gasteiger partial charge in [-0.05, 0) is 18.2 Å². The lowest BCUT2D eigenvalue weighted by molar-refractivity contribution is -0.0169. The molecule has 0 fully saturated rings. The van der Waals surface area contributed by atoms with Gasteiger partial charge in [-0.1, -0.05) is 11.6 Å². The molecule has 3 rings (SSSR count). The molecule has 0 spiro atoms. The van der Waals surface area contributed by atoms with Crippen molar-refractivity contribution in [3.8, 4) is 11.6 Å². The number of fused-ring (bicyclic) bond motifs is 3. The highest BCUT2D eigenvalue weighted by Crippen LogP contribution is 2.28. The van der Waals surface area contributed by atoms with Crippen molar-refractivity contribution >= 4 is 29.1 Å². The number of amides is 2. The second kappa shape index (κ2) is 8.17. The normalized spacial score (nSPS) is 21.0. The Morgan fingerprint density at radius 3 is 2.85 bits per heavy atom. The summed E-state index contributed by atoms with van der Waals surface area (Å²) in [5.41, 5.74) is 0.298. The van der Waals surface area contributed by atoms with Gasteiger partial charge in [0.05, 0.1) is 30.8 Å². The van der Waals surface area contributed by atoms with Crippen LogP contribution in [0.1, 0.15) is 6.42 Å². The van der Waals surface area contributed by atoms with Crippen LogP contribution in [0.15, 0.2) is 30.6 Å². The van der Waals surface area contributed by atoms with Gasteiger partial charge >= 0.3 is 6.03 Å². The van der Waals surface area contributed by atoms with Crippen LogP contribution in [0, 0.1) is 0 Å². The maximum Gasteiger partial charge on any atom is 0.325 e. The minimum absolute atomic E-state index is 0.106. The highest BCUT2D eigenvalue weighted by molar-refractivity contribution is 6.31. The number of anilines is 2. The van der Waals surface area contributed by atoms with Crippen molar-refractivity contribution in [3.05, 3.63) is 35.6 Å². The Morgan fingerprint density at radius 2 is 2.00 bits per heavy atom. The van der Waals surface area contributed by atoms with Gasteiger partial charge < -0.3 is 25.0 Å². The van der Waals surface area contributed by atoms with Crippen molar-refractivity contribution in [3.63, 3.8) is 0 Å². The summed E-state index contributed by atoms with van der Waals surface area (Å²) < 4.78 is 10.9. The maximum absolute atomic E-state index is 12.2. The van der Waals surface area contributed by atoms with Gasteiger partial charge in [0.25, 0.3) is 0 Å². The first kappa shape index (κ1) is 18.2. The largest absolute Gasteiger partial charge is 0.489 e. The molecule has 138 valence electrons. The van der Waals surface area contributed by atoms with Gasteiger partial charge in [-0.25, -0.2) is 4.79 Å². The van der Waals surface area contributed by atoms with Gasteiger partial charge in [-0.15, -0.1) is 0 Å². The molecular weight excluding hydrogens is 364 g/mol. The number of aliphatic hydroxyl groups excluding tert-OH is 2. The van der Waals surface area contributed by atoms with Crippen LogP contribution in [0.2, 0.25) is 5.02 Å². The third-order valence-corrected chi connectivity index (χ3v) is 3.80. The zero-order valence-electron chi connectivity index (χ0n) is 13.6. The number of hydrogen-bond acceptors (Lipinski definition) is 7. The van der Waals surface area contributed by atoms with Crippen LogP contribution in [-0.2, 0) is 0 Å². The number of nitrogens with zero attached hydrogens (tertiary/aromatic N) is 2. The molecule has 0 saturated carbocycles. The minimum atomic E-state index is -1.14. The molecule has 10 heteroatoms. The van der Waals surface area contributed by atoms with E-state index in [0.29, 0.717) is 16.5 Å². The standard InChI is InChI=1S/C16H17ClN4O5/c17-9-1-2-13-10(5-9)19-16(24)21-14-6-18-7-15(20-14)25-4-3-11(22)12(23)8-26-13/h1-2,5-7,11-12,22-23H,3-4,8H2,(H2,19,20,21,24).